The van der Waals surface area contributed by atoms with Crippen molar-refractivity contribution in [3.8, 4) is 0 Å². The highest BCUT2D eigenvalue weighted by Gasteiger charge is 2.31. The summed E-state index contributed by atoms with van der Waals surface area (Å²) in [5.74, 6) is -0.543. The Morgan fingerprint density at radius 1 is 0.741 bits per heavy atom. The topological polar surface area (TPSA) is 51.2 Å². The highest BCUT2D eigenvalue weighted by Crippen LogP contribution is 2.34. The van der Waals surface area contributed by atoms with Crippen LogP contribution in [0.15, 0.2) is 94.7 Å². The summed E-state index contributed by atoms with van der Waals surface area (Å²) in [6.45, 7) is 0. The van der Waals surface area contributed by atoms with Crippen molar-refractivity contribution in [1.29, 1.82) is 0 Å². The van der Waals surface area contributed by atoms with E-state index >= 15 is 0 Å². The summed E-state index contributed by atoms with van der Waals surface area (Å²) in [7, 11) is -4.02. The molecule has 0 saturated carbocycles. The van der Waals surface area contributed by atoms with Crippen LogP contribution in [0.4, 0.5) is 0 Å². The van der Waals surface area contributed by atoms with Crippen LogP contribution in [-0.2, 0) is 9.84 Å². The molecule has 0 bridgehead atoms. The first kappa shape index (κ1) is 19.8. The lowest BCUT2D eigenvalue weighted by Gasteiger charge is -2.12. The van der Waals surface area contributed by atoms with Gasteiger partial charge in [-0.1, -0.05) is 72.3 Å². The molecule has 0 heterocycles. The zero-order chi connectivity index (χ0) is 19.4. The average Bonchev–Trinajstić information content (AvgIpc) is 2.69. The van der Waals surface area contributed by atoms with Gasteiger partial charge in [-0.05, 0) is 52.4 Å². The van der Waals surface area contributed by atoms with Crippen LogP contribution in [0.1, 0.15) is 15.9 Å². The van der Waals surface area contributed by atoms with Crippen molar-refractivity contribution in [3.63, 3.8) is 0 Å². The molecule has 6 heteroatoms. The van der Waals surface area contributed by atoms with Crippen LogP contribution >= 0.6 is 34.2 Å². The third-order valence-corrected chi connectivity index (χ3v) is 7.46. The van der Waals surface area contributed by atoms with Crippen molar-refractivity contribution >= 4 is 53.4 Å². The van der Waals surface area contributed by atoms with E-state index in [2.05, 4.69) is 0 Å². The summed E-state index contributed by atoms with van der Waals surface area (Å²) in [4.78, 5) is 13.0. The zero-order valence-electron chi connectivity index (χ0n) is 14.0. The van der Waals surface area contributed by atoms with E-state index < -0.39 is 15.6 Å². The maximum absolute atomic E-state index is 13.3. The standard InChI is InChI=1S/C21H14ClIO3S/c22-17-13-11-15(12-14-17)19(23)21(20(24)16-7-3-1-4-8-16)27(25,26)18-9-5-2-6-10-18/h1-14H/b21-19+. The Bertz CT molecular complexity index is 1090. The Hall–Kier alpha value is -1.96. The minimum atomic E-state index is -4.02. The number of carbonyl (C=O) groups is 1. The van der Waals surface area contributed by atoms with Gasteiger partial charge in [0, 0.05) is 14.2 Å². The molecule has 0 amide bonds. The minimum absolute atomic E-state index is 0.0763. The highest BCUT2D eigenvalue weighted by atomic mass is 127. The monoisotopic (exact) mass is 508 g/mol. The largest absolute Gasteiger partial charge is 0.288 e. The highest BCUT2D eigenvalue weighted by molar-refractivity contribution is 14.1. The van der Waals surface area contributed by atoms with Gasteiger partial charge in [0.15, 0.2) is 0 Å². The van der Waals surface area contributed by atoms with Gasteiger partial charge in [0.2, 0.25) is 15.6 Å². The summed E-state index contributed by atoms with van der Waals surface area (Å²) < 4.78 is 27.0. The normalized spacial score (nSPS) is 12.4. The number of Topliss-reactive ketones (excluding diaryl/α,β-unsaturated/α-hetero) is 1. The number of ketones is 1. The molecule has 0 aromatic heterocycles. The Balaban J connectivity index is 2.25. The Morgan fingerprint density at radius 3 is 1.81 bits per heavy atom. The molecule has 0 N–H and O–H groups in total. The molecule has 3 aromatic carbocycles. The van der Waals surface area contributed by atoms with Crippen molar-refractivity contribution in [3.05, 3.63) is 106 Å². The number of hydrogen-bond acceptors (Lipinski definition) is 3. The lowest BCUT2D eigenvalue weighted by atomic mass is 10.1. The molecule has 0 radical (unpaired) electrons. The molecule has 3 nitrogen and oxygen atoms in total. The smallest absolute Gasteiger partial charge is 0.211 e. The summed E-state index contributed by atoms with van der Waals surface area (Å²) in [6.07, 6.45) is 0. The van der Waals surface area contributed by atoms with Gasteiger partial charge in [-0.25, -0.2) is 8.42 Å². The van der Waals surface area contributed by atoms with Crippen molar-refractivity contribution < 1.29 is 13.2 Å². The van der Waals surface area contributed by atoms with Crippen LogP contribution < -0.4 is 0 Å². The first-order valence-corrected chi connectivity index (χ1v) is 10.9. The Morgan fingerprint density at radius 2 is 1.26 bits per heavy atom. The molecule has 136 valence electrons. The number of rotatable bonds is 5. The number of carbonyl (C=O) groups excluding carboxylic acids is 1. The molecule has 0 atom stereocenters. The van der Waals surface area contributed by atoms with Crippen LogP contribution in [0.25, 0.3) is 3.58 Å². The minimum Gasteiger partial charge on any atom is -0.288 e. The third kappa shape index (κ3) is 4.31. The molecule has 27 heavy (non-hydrogen) atoms. The van der Waals surface area contributed by atoms with Crippen LogP contribution in [0.5, 0.6) is 0 Å². The maximum Gasteiger partial charge on any atom is 0.211 e. The van der Waals surface area contributed by atoms with E-state index in [1.165, 1.54) is 12.1 Å². The fourth-order valence-electron chi connectivity index (χ4n) is 2.51. The summed E-state index contributed by atoms with van der Waals surface area (Å²) in [5, 5.41) is 0.532. The van der Waals surface area contributed by atoms with E-state index in [0.29, 0.717) is 19.7 Å². The van der Waals surface area contributed by atoms with Gasteiger partial charge in [0.25, 0.3) is 0 Å². The second-order valence-corrected chi connectivity index (χ2v) is 9.06. The molecule has 0 aliphatic heterocycles. The molecule has 0 aliphatic rings. The molecule has 0 saturated heterocycles. The SMILES string of the molecule is O=C(/C(=C(\I)c1ccc(Cl)cc1)S(=O)(=O)c1ccccc1)c1ccccc1. The van der Waals surface area contributed by atoms with Gasteiger partial charge in [-0.2, -0.15) is 0 Å². The average molecular weight is 509 g/mol. The Labute approximate surface area is 176 Å². The van der Waals surface area contributed by atoms with Crippen molar-refractivity contribution in [2.75, 3.05) is 0 Å². The van der Waals surface area contributed by atoms with E-state index in [1.54, 1.807) is 72.8 Å². The second kappa shape index (κ2) is 8.37. The van der Waals surface area contributed by atoms with Gasteiger partial charge in [0.1, 0.15) is 4.91 Å². The quantitative estimate of drug-likeness (QED) is 0.249. The molecule has 0 spiro atoms. The van der Waals surface area contributed by atoms with Gasteiger partial charge < -0.3 is 0 Å². The molecule has 0 aliphatic carbocycles. The van der Waals surface area contributed by atoms with E-state index in [1.807, 2.05) is 22.6 Å². The van der Waals surface area contributed by atoms with Crippen molar-refractivity contribution in [2.45, 2.75) is 4.90 Å². The molecule has 0 fully saturated rings. The number of allylic oxidation sites excluding steroid dienone is 1. The van der Waals surface area contributed by atoms with Gasteiger partial charge in [0.05, 0.1) is 4.90 Å². The van der Waals surface area contributed by atoms with Crippen LogP contribution in [-0.4, -0.2) is 14.2 Å². The fraction of sp³-hybridized carbons (Fsp3) is 0. The van der Waals surface area contributed by atoms with Crippen LogP contribution in [0, 0.1) is 0 Å². The predicted octanol–water partition coefficient (Wildman–Crippen LogP) is 5.80. The molecular formula is C21H14ClIO3S. The lowest BCUT2D eigenvalue weighted by molar-refractivity contribution is 0.104. The number of sulfone groups is 1. The van der Waals surface area contributed by atoms with E-state index in [9.17, 15) is 13.2 Å². The van der Waals surface area contributed by atoms with Crippen LogP contribution in [0.2, 0.25) is 5.02 Å². The fourth-order valence-corrected chi connectivity index (χ4v) is 5.57. The Kier molecular flexibility index (Phi) is 6.14. The number of halogens is 2. The van der Waals surface area contributed by atoms with Crippen molar-refractivity contribution in [2.24, 2.45) is 0 Å². The predicted molar refractivity (Wildman–Crippen MR) is 117 cm³/mol. The molecule has 3 rings (SSSR count). The second-order valence-electron chi connectivity index (χ2n) is 5.66. The summed E-state index contributed by atoms with van der Waals surface area (Å²) >= 11 is 7.85. The first-order valence-electron chi connectivity index (χ1n) is 7.97. The third-order valence-electron chi connectivity index (χ3n) is 3.86. The number of hydrogen-bond donors (Lipinski definition) is 0. The summed E-state index contributed by atoms with van der Waals surface area (Å²) in [6, 6.07) is 23.1. The van der Waals surface area contributed by atoms with Crippen molar-refractivity contribution in [1.82, 2.24) is 0 Å². The number of benzene rings is 3. The van der Waals surface area contributed by atoms with Gasteiger partial charge in [-0.3, -0.25) is 4.79 Å². The molecular weight excluding hydrogens is 495 g/mol. The van der Waals surface area contributed by atoms with E-state index in [4.69, 9.17) is 11.6 Å². The van der Waals surface area contributed by atoms with E-state index in [-0.39, 0.29) is 9.80 Å². The van der Waals surface area contributed by atoms with E-state index in [0.717, 1.165) is 0 Å². The van der Waals surface area contributed by atoms with Gasteiger partial charge in [-0.15, -0.1) is 0 Å². The summed E-state index contributed by atoms with van der Waals surface area (Å²) in [5.41, 5.74) is 0.925. The van der Waals surface area contributed by atoms with Gasteiger partial charge >= 0.3 is 0 Å². The zero-order valence-corrected chi connectivity index (χ0v) is 17.7. The maximum atomic E-state index is 13.3. The first-order chi connectivity index (χ1) is 12.9. The molecule has 0 unspecified atom stereocenters. The van der Waals surface area contributed by atoms with Crippen LogP contribution in [0.3, 0.4) is 0 Å². The molecule has 3 aromatic rings. The lowest BCUT2D eigenvalue weighted by Crippen LogP contribution is -2.15.